The van der Waals surface area contributed by atoms with Crippen LogP contribution in [-0.4, -0.2) is 13.0 Å². The van der Waals surface area contributed by atoms with Gasteiger partial charge in [0.15, 0.2) is 0 Å². The number of hydrogen-bond acceptors (Lipinski definition) is 3. The lowest BCUT2D eigenvalue weighted by atomic mass is 9.89. The SMILES string of the molecule is Cc1c(-c2ccccc2)cc(S(=O)(=O)[O-])c(-c2ccccc2)c1C(F)(F)F. The molecule has 3 aromatic rings. The van der Waals surface area contributed by atoms with E-state index in [2.05, 4.69) is 0 Å². The average Bonchev–Trinajstić information content (AvgIpc) is 2.60. The van der Waals surface area contributed by atoms with Gasteiger partial charge in [-0.2, -0.15) is 13.2 Å². The first-order valence-electron chi connectivity index (χ1n) is 7.92. The van der Waals surface area contributed by atoms with E-state index in [-0.39, 0.29) is 16.7 Å². The van der Waals surface area contributed by atoms with Gasteiger partial charge in [0.1, 0.15) is 10.1 Å². The molecular weight excluding hydrogens is 377 g/mol. The maximum absolute atomic E-state index is 14.0. The Morgan fingerprint density at radius 2 is 1.33 bits per heavy atom. The van der Waals surface area contributed by atoms with Gasteiger partial charge in [-0.3, -0.25) is 0 Å². The zero-order valence-electron chi connectivity index (χ0n) is 14.1. The fourth-order valence-electron chi connectivity index (χ4n) is 3.12. The highest BCUT2D eigenvalue weighted by atomic mass is 32.2. The van der Waals surface area contributed by atoms with Gasteiger partial charge >= 0.3 is 6.18 Å². The highest BCUT2D eigenvalue weighted by molar-refractivity contribution is 7.85. The summed E-state index contributed by atoms with van der Waals surface area (Å²) in [4.78, 5) is -0.884. The fraction of sp³-hybridized carbons (Fsp3) is 0.100. The van der Waals surface area contributed by atoms with E-state index in [4.69, 9.17) is 0 Å². The van der Waals surface area contributed by atoms with E-state index in [0.717, 1.165) is 6.07 Å². The topological polar surface area (TPSA) is 57.2 Å². The summed E-state index contributed by atoms with van der Waals surface area (Å²) in [5.74, 6) is 0. The summed E-state index contributed by atoms with van der Waals surface area (Å²) in [7, 11) is -5.16. The van der Waals surface area contributed by atoms with Gasteiger partial charge in [-0.25, -0.2) is 8.42 Å². The van der Waals surface area contributed by atoms with Crippen LogP contribution in [0.25, 0.3) is 22.3 Å². The Bertz CT molecular complexity index is 1070. The summed E-state index contributed by atoms with van der Waals surface area (Å²) in [6, 6.07) is 16.3. The minimum absolute atomic E-state index is 0.0157. The lowest BCUT2D eigenvalue weighted by Gasteiger charge is -2.24. The van der Waals surface area contributed by atoms with Crippen molar-refractivity contribution in [3.8, 4) is 22.3 Å². The van der Waals surface area contributed by atoms with Crippen molar-refractivity contribution in [2.24, 2.45) is 0 Å². The molecule has 0 aliphatic rings. The number of halogens is 3. The summed E-state index contributed by atoms with van der Waals surface area (Å²) in [6.07, 6.45) is -4.85. The molecule has 0 saturated heterocycles. The second-order valence-corrected chi connectivity index (χ2v) is 7.33. The molecule has 0 N–H and O–H groups in total. The third-order valence-corrected chi connectivity index (χ3v) is 5.11. The van der Waals surface area contributed by atoms with E-state index in [1.54, 1.807) is 36.4 Å². The number of benzene rings is 3. The van der Waals surface area contributed by atoms with Crippen LogP contribution in [0.2, 0.25) is 0 Å². The van der Waals surface area contributed by atoms with E-state index < -0.39 is 32.3 Å². The normalized spacial score (nSPS) is 12.2. The average molecular weight is 391 g/mol. The van der Waals surface area contributed by atoms with Crippen LogP contribution in [-0.2, 0) is 16.3 Å². The van der Waals surface area contributed by atoms with Gasteiger partial charge in [0.05, 0.1) is 10.5 Å². The minimum atomic E-state index is -5.16. The molecule has 0 amide bonds. The monoisotopic (exact) mass is 391 g/mol. The van der Waals surface area contributed by atoms with Crippen molar-refractivity contribution in [3.63, 3.8) is 0 Å². The second kappa shape index (κ2) is 6.83. The van der Waals surface area contributed by atoms with E-state index >= 15 is 0 Å². The molecule has 0 aromatic heterocycles. The molecule has 0 unspecified atom stereocenters. The van der Waals surface area contributed by atoms with Gasteiger partial charge in [-0.1, -0.05) is 60.7 Å². The van der Waals surface area contributed by atoms with Crippen LogP contribution in [0.1, 0.15) is 11.1 Å². The van der Waals surface area contributed by atoms with Crippen molar-refractivity contribution in [2.75, 3.05) is 0 Å². The molecule has 0 bridgehead atoms. The van der Waals surface area contributed by atoms with Crippen LogP contribution in [0, 0.1) is 6.92 Å². The maximum Gasteiger partial charge on any atom is 0.417 e. The van der Waals surface area contributed by atoms with Gasteiger partial charge in [0, 0.05) is 5.56 Å². The molecule has 7 heteroatoms. The molecule has 140 valence electrons. The molecule has 0 atom stereocenters. The van der Waals surface area contributed by atoms with Crippen LogP contribution in [0.4, 0.5) is 13.2 Å². The van der Waals surface area contributed by atoms with Crippen LogP contribution < -0.4 is 0 Å². The molecular formula is C20H14F3O3S-. The summed E-state index contributed by atoms with van der Waals surface area (Å²) in [6.45, 7) is 1.28. The fourth-order valence-corrected chi connectivity index (χ4v) is 3.85. The first kappa shape index (κ1) is 19.1. The quantitative estimate of drug-likeness (QED) is 0.573. The minimum Gasteiger partial charge on any atom is -0.744 e. The molecule has 0 heterocycles. The van der Waals surface area contributed by atoms with Gasteiger partial charge in [0.25, 0.3) is 0 Å². The van der Waals surface area contributed by atoms with Crippen LogP contribution in [0.3, 0.4) is 0 Å². The van der Waals surface area contributed by atoms with Crippen molar-refractivity contribution >= 4 is 10.1 Å². The number of alkyl halides is 3. The van der Waals surface area contributed by atoms with Crippen molar-refractivity contribution in [2.45, 2.75) is 18.0 Å². The third kappa shape index (κ3) is 3.74. The predicted octanol–water partition coefficient (Wildman–Crippen LogP) is 5.25. The van der Waals surface area contributed by atoms with E-state index in [9.17, 15) is 26.1 Å². The summed E-state index contributed by atoms with van der Waals surface area (Å²) < 4.78 is 77.5. The van der Waals surface area contributed by atoms with Crippen molar-refractivity contribution in [1.82, 2.24) is 0 Å². The number of rotatable bonds is 3. The van der Waals surface area contributed by atoms with Crippen molar-refractivity contribution < 1.29 is 26.1 Å². The molecule has 0 fully saturated rings. The Hall–Kier alpha value is -2.64. The van der Waals surface area contributed by atoms with E-state index in [0.29, 0.717) is 5.56 Å². The van der Waals surface area contributed by atoms with Crippen LogP contribution in [0.5, 0.6) is 0 Å². The standard InChI is InChI=1S/C20H15F3O3S/c1-13-16(14-8-4-2-5-9-14)12-17(27(24,25)26)18(19(13)20(21,22)23)15-10-6-3-7-11-15/h2-12H,1H3,(H,24,25,26)/p-1. The van der Waals surface area contributed by atoms with Crippen molar-refractivity contribution in [1.29, 1.82) is 0 Å². The molecule has 3 rings (SSSR count). The Labute approximate surface area is 154 Å². The Balaban J connectivity index is 2.52. The lowest BCUT2D eigenvalue weighted by Crippen LogP contribution is -2.15. The predicted molar refractivity (Wildman–Crippen MR) is 95.0 cm³/mol. The highest BCUT2D eigenvalue weighted by Crippen LogP contribution is 2.45. The molecule has 0 aliphatic heterocycles. The summed E-state index contributed by atoms with van der Waals surface area (Å²) in [5, 5.41) is 0. The first-order chi connectivity index (χ1) is 12.6. The van der Waals surface area contributed by atoms with Crippen LogP contribution in [0.15, 0.2) is 71.6 Å². The number of hydrogen-bond donors (Lipinski definition) is 0. The molecule has 0 radical (unpaired) electrons. The maximum atomic E-state index is 14.0. The highest BCUT2D eigenvalue weighted by Gasteiger charge is 2.38. The van der Waals surface area contributed by atoms with Gasteiger partial charge in [-0.05, 0) is 35.2 Å². The first-order valence-corrected chi connectivity index (χ1v) is 9.33. The summed E-state index contributed by atoms with van der Waals surface area (Å²) >= 11 is 0. The molecule has 3 nitrogen and oxygen atoms in total. The van der Waals surface area contributed by atoms with E-state index in [1.807, 2.05) is 0 Å². The molecule has 0 aliphatic carbocycles. The van der Waals surface area contributed by atoms with Gasteiger partial charge in [0.2, 0.25) is 0 Å². The second-order valence-electron chi connectivity index (χ2n) is 5.98. The van der Waals surface area contributed by atoms with Crippen molar-refractivity contribution in [3.05, 3.63) is 77.9 Å². The Kier molecular flexibility index (Phi) is 4.84. The van der Waals surface area contributed by atoms with Gasteiger partial charge < -0.3 is 4.55 Å². The third-order valence-electron chi connectivity index (χ3n) is 4.25. The van der Waals surface area contributed by atoms with E-state index in [1.165, 1.54) is 31.2 Å². The van der Waals surface area contributed by atoms with Crippen LogP contribution >= 0.6 is 0 Å². The molecule has 27 heavy (non-hydrogen) atoms. The summed E-state index contributed by atoms with van der Waals surface area (Å²) in [5.41, 5.74) is -1.41. The lowest BCUT2D eigenvalue weighted by molar-refractivity contribution is -0.137. The Morgan fingerprint density at radius 3 is 1.78 bits per heavy atom. The Morgan fingerprint density at radius 1 is 0.852 bits per heavy atom. The smallest absolute Gasteiger partial charge is 0.417 e. The zero-order chi connectivity index (χ0) is 19.8. The molecule has 0 spiro atoms. The molecule has 0 saturated carbocycles. The zero-order valence-corrected chi connectivity index (χ0v) is 14.9. The largest absolute Gasteiger partial charge is 0.744 e. The van der Waals surface area contributed by atoms with Gasteiger partial charge in [-0.15, -0.1) is 0 Å². The molecule has 3 aromatic carbocycles.